The molecule has 0 aromatic heterocycles. The van der Waals surface area contributed by atoms with E-state index in [0.717, 1.165) is 0 Å². The van der Waals surface area contributed by atoms with Crippen LogP contribution in [0.2, 0.25) is 0 Å². The Labute approximate surface area is 308 Å². The summed E-state index contributed by atoms with van der Waals surface area (Å²) in [4.78, 5) is 94.1. The van der Waals surface area contributed by atoms with Gasteiger partial charge in [-0.25, -0.2) is 0 Å². The van der Waals surface area contributed by atoms with E-state index in [-0.39, 0.29) is 61.8 Å². The molecule has 0 bridgehead atoms. The molecule has 0 saturated carbocycles. The molecule has 0 heterocycles. The number of rotatable bonds is 26. The van der Waals surface area contributed by atoms with Gasteiger partial charge in [0.2, 0.25) is 35.4 Å². The maximum Gasteiger partial charge on any atom is 0.243 e. The second-order valence-corrected chi connectivity index (χ2v) is 14.5. The summed E-state index contributed by atoms with van der Waals surface area (Å²) in [6.45, 7) is 14.8. The summed E-state index contributed by atoms with van der Waals surface area (Å²) in [7, 11) is 0. The Balaban J connectivity index is 5.88. The van der Waals surface area contributed by atoms with Crippen LogP contribution in [0.1, 0.15) is 107 Å². The van der Waals surface area contributed by atoms with Crippen LogP contribution in [0, 0.1) is 17.8 Å². The largest absolute Gasteiger partial charge is 0.370 e. The number of hydrogen-bond acceptors (Lipinski definition) is 9. The first-order chi connectivity index (χ1) is 24.3. The topological polar surface area (TPSA) is 282 Å². The number of carbonyl (C=O) groups excluding carboxylic acids is 7. The standard InChI is InChI=1S/C35H66N10O7/c1-20(2)16-27(32(50)40-23(7)30(48)42-25(19-46)12-11-15-39-35(37)38)44-34(52)29(18-22(5)6)45-33(51)28(17-21(3)4)43-31(49)26(41-24(8)47)13-9-10-14-36/h19-23,25-29H,9-18,36H2,1-8H3,(H,40,50)(H,41,47)(H,42,48)(H,43,49)(H,44,52)(H,45,51)(H4,37,38,39)/t23-,25-,26-,27-,28-,29-/m0/s1. The zero-order valence-corrected chi connectivity index (χ0v) is 32.4. The molecule has 6 atom stereocenters. The molecule has 52 heavy (non-hydrogen) atoms. The predicted octanol–water partition coefficient (Wildman–Crippen LogP) is -0.545. The number of amides is 6. The van der Waals surface area contributed by atoms with Crippen molar-refractivity contribution in [3.8, 4) is 0 Å². The van der Waals surface area contributed by atoms with Gasteiger partial charge in [-0.2, -0.15) is 0 Å². The molecule has 0 radical (unpaired) electrons. The highest BCUT2D eigenvalue weighted by molar-refractivity contribution is 5.96. The van der Waals surface area contributed by atoms with Crippen LogP contribution < -0.4 is 49.1 Å². The van der Waals surface area contributed by atoms with Crippen LogP contribution in [0.4, 0.5) is 0 Å². The lowest BCUT2D eigenvalue weighted by atomic mass is 9.98. The number of hydrogen-bond donors (Lipinski definition) is 9. The van der Waals surface area contributed by atoms with Gasteiger partial charge >= 0.3 is 0 Å². The van der Waals surface area contributed by atoms with Crippen LogP contribution in [0.25, 0.3) is 0 Å². The van der Waals surface area contributed by atoms with E-state index in [1.165, 1.54) is 13.8 Å². The zero-order chi connectivity index (χ0) is 40.0. The predicted molar refractivity (Wildman–Crippen MR) is 200 cm³/mol. The fraction of sp³-hybridized carbons (Fsp3) is 0.771. The molecule has 298 valence electrons. The zero-order valence-electron chi connectivity index (χ0n) is 32.4. The van der Waals surface area contributed by atoms with Crippen LogP contribution in [0.5, 0.6) is 0 Å². The second-order valence-electron chi connectivity index (χ2n) is 14.5. The quantitative estimate of drug-likeness (QED) is 0.0236. The maximum absolute atomic E-state index is 13.7. The lowest BCUT2D eigenvalue weighted by Gasteiger charge is -2.28. The highest BCUT2D eigenvalue weighted by Gasteiger charge is 2.33. The van der Waals surface area contributed by atoms with E-state index >= 15 is 0 Å². The van der Waals surface area contributed by atoms with Crippen LogP contribution in [0.15, 0.2) is 4.99 Å². The average Bonchev–Trinajstić information content (AvgIpc) is 3.03. The van der Waals surface area contributed by atoms with E-state index in [1.54, 1.807) is 0 Å². The van der Waals surface area contributed by atoms with Gasteiger partial charge in [0.1, 0.15) is 36.5 Å². The van der Waals surface area contributed by atoms with Crippen molar-refractivity contribution in [1.29, 1.82) is 0 Å². The molecule has 0 saturated heterocycles. The molecular formula is C35H66N10O7. The van der Waals surface area contributed by atoms with Crippen LogP contribution in [0.3, 0.4) is 0 Å². The molecule has 0 aliphatic carbocycles. The minimum atomic E-state index is -1.05. The van der Waals surface area contributed by atoms with E-state index in [0.29, 0.717) is 38.5 Å². The minimum absolute atomic E-state index is 0.00491. The van der Waals surface area contributed by atoms with Crippen molar-refractivity contribution >= 4 is 47.7 Å². The summed E-state index contributed by atoms with van der Waals surface area (Å²) in [6.07, 6.45) is 3.66. The summed E-state index contributed by atoms with van der Waals surface area (Å²) in [5.74, 6) is -3.44. The maximum atomic E-state index is 13.7. The number of unbranched alkanes of at least 4 members (excludes halogenated alkanes) is 1. The molecule has 17 nitrogen and oxygen atoms in total. The summed E-state index contributed by atoms with van der Waals surface area (Å²) in [5.41, 5.74) is 16.2. The third kappa shape index (κ3) is 21.2. The van der Waals surface area contributed by atoms with E-state index in [1.807, 2.05) is 41.5 Å². The first kappa shape index (κ1) is 47.7. The molecule has 0 unspecified atom stereocenters. The monoisotopic (exact) mass is 739 g/mol. The first-order valence-corrected chi connectivity index (χ1v) is 18.3. The molecule has 0 aliphatic heterocycles. The molecule has 6 amide bonds. The van der Waals surface area contributed by atoms with Gasteiger partial charge in [-0.15, -0.1) is 0 Å². The van der Waals surface area contributed by atoms with E-state index < -0.39 is 65.8 Å². The van der Waals surface area contributed by atoms with Gasteiger partial charge in [0.15, 0.2) is 5.96 Å². The fourth-order valence-electron chi connectivity index (χ4n) is 5.31. The van der Waals surface area contributed by atoms with Gasteiger partial charge in [-0.05, 0) is 82.6 Å². The summed E-state index contributed by atoms with van der Waals surface area (Å²) in [5, 5.41) is 16.1. The highest BCUT2D eigenvalue weighted by atomic mass is 16.2. The molecule has 12 N–H and O–H groups in total. The highest BCUT2D eigenvalue weighted by Crippen LogP contribution is 2.12. The Kier molecular flexibility index (Phi) is 23.5. The van der Waals surface area contributed by atoms with E-state index in [2.05, 4.69) is 36.9 Å². The Morgan fingerprint density at radius 2 is 1.02 bits per heavy atom. The lowest BCUT2D eigenvalue weighted by molar-refractivity contribution is -0.135. The third-order valence-corrected chi connectivity index (χ3v) is 7.87. The second kappa shape index (κ2) is 25.6. The Morgan fingerprint density at radius 3 is 1.40 bits per heavy atom. The summed E-state index contributed by atoms with van der Waals surface area (Å²) >= 11 is 0. The van der Waals surface area contributed by atoms with Gasteiger partial charge in [0.25, 0.3) is 0 Å². The number of nitrogens with one attached hydrogen (secondary N) is 6. The smallest absolute Gasteiger partial charge is 0.243 e. The summed E-state index contributed by atoms with van der Waals surface area (Å²) < 4.78 is 0. The average molecular weight is 739 g/mol. The number of carbonyl (C=O) groups is 7. The number of nitrogens with two attached hydrogens (primary N) is 3. The molecule has 0 rings (SSSR count). The number of nitrogens with zero attached hydrogens (tertiary/aromatic N) is 1. The van der Waals surface area contributed by atoms with E-state index in [9.17, 15) is 33.6 Å². The van der Waals surface area contributed by atoms with Crippen LogP contribution >= 0.6 is 0 Å². The minimum Gasteiger partial charge on any atom is -0.370 e. The third-order valence-electron chi connectivity index (χ3n) is 7.87. The van der Waals surface area contributed by atoms with Crippen molar-refractivity contribution in [2.24, 2.45) is 39.9 Å². The van der Waals surface area contributed by atoms with Gasteiger partial charge in [0, 0.05) is 13.5 Å². The van der Waals surface area contributed by atoms with Crippen molar-refractivity contribution in [3.63, 3.8) is 0 Å². The normalized spacial score (nSPS) is 14.6. The summed E-state index contributed by atoms with van der Waals surface area (Å²) in [6, 6.07) is -5.82. The van der Waals surface area contributed by atoms with Gasteiger partial charge in [-0.3, -0.25) is 33.8 Å². The molecule has 0 spiro atoms. The number of aldehydes is 1. The molecule has 0 fully saturated rings. The Morgan fingerprint density at radius 1 is 0.577 bits per heavy atom. The Hall–Kier alpha value is -4.28. The van der Waals surface area contributed by atoms with Crippen molar-refractivity contribution in [1.82, 2.24) is 31.9 Å². The van der Waals surface area contributed by atoms with Gasteiger partial charge in [-0.1, -0.05) is 41.5 Å². The fourth-order valence-corrected chi connectivity index (χ4v) is 5.31. The number of aliphatic imine (C=N–C) groups is 1. The van der Waals surface area contributed by atoms with Gasteiger partial charge in [0.05, 0.1) is 6.04 Å². The van der Waals surface area contributed by atoms with Crippen molar-refractivity contribution < 1.29 is 33.6 Å². The van der Waals surface area contributed by atoms with Crippen LogP contribution in [-0.4, -0.2) is 97.0 Å². The SMILES string of the molecule is CC(=O)N[C@@H](CCCCN)C(=O)N[C@@H](CC(C)C)C(=O)N[C@@H](CC(C)C)C(=O)N[C@@H](CC(C)C)C(=O)N[C@@H](C)C(=O)N[C@H](C=O)CCCN=C(N)N. The molecule has 0 aromatic carbocycles. The molecule has 17 heteroatoms. The van der Waals surface area contributed by atoms with Crippen molar-refractivity contribution in [2.45, 2.75) is 143 Å². The number of guanidine groups is 1. The first-order valence-electron chi connectivity index (χ1n) is 18.3. The van der Waals surface area contributed by atoms with Crippen LogP contribution in [-0.2, 0) is 33.6 Å². The molecule has 0 aromatic rings. The molecule has 0 aliphatic rings. The molecular weight excluding hydrogens is 672 g/mol. The van der Waals surface area contributed by atoms with E-state index in [4.69, 9.17) is 17.2 Å². The lowest BCUT2D eigenvalue weighted by Crippen LogP contribution is -2.59. The van der Waals surface area contributed by atoms with Gasteiger partial charge < -0.3 is 53.9 Å². The Bertz CT molecular complexity index is 1190. The van der Waals surface area contributed by atoms with Crippen molar-refractivity contribution in [2.75, 3.05) is 13.1 Å². The van der Waals surface area contributed by atoms with Crippen molar-refractivity contribution in [3.05, 3.63) is 0 Å².